The topological polar surface area (TPSA) is 50.2 Å². The third-order valence-corrected chi connectivity index (χ3v) is 4.59. The summed E-state index contributed by atoms with van der Waals surface area (Å²) in [4.78, 5) is 14.9. The average Bonchev–Trinajstić information content (AvgIpc) is 3.16. The molecule has 3 heterocycles. The fourth-order valence-corrected chi connectivity index (χ4v) is 3.63. The van der Waals surface area contributed by atoms with Crippen LogP contribution in [0.2, 0.25) is 0 Å². The van der Waals surface area contributed by atoms with E-state index in [0.717, 1.165) is 43.6 Å². The Hall–Kier alpha value is -1.36. The van der Waals surface area contributed by atoms with E-state index < -0.39 is 0 Å². The minimum atomic E-state index is 0.172. The van der Waals surface area contributed by atoms with Gasteiger partial charge >= 0.3 is 0 Å². The van der Waals surface area contributed by atoms with Crippen molar-refractivity contribution in [1.82, 2.24) is 20.0 Å². The highest BCUT2D eigenvalue weighted by Gasteiger charge is 2.37. The molecule has 1 amide bonds. The number of hydrogen-bond acceptors (Lipinski definition) is 3. The van der Waals surface area contributed by atoms with Gasteiger partial charge < -0.3 is 10.2 Å². The van der Waals surface area contributed by atoms with Crippen LogP contribution < -0.4 is 5.32 Å². The SMILES string of the molecule is CCc1nn(C)cc1C(=O)N1CCCC1C1CCCN1. The average molecular weight is 276 g/mol. The molecule has 2 aliphatic rings. The van der Waals surface area contributed by atoms with Gasteiger partial charge in [0.25, 0.3) is 5.91 Å². The second-order valence-electron chi connectivity index (χ2n) is 5.93. The van der Waals surface area contributed by atoms with Crippen LogP contribution in [0, 0.1) is 0 Å². The maximum atomic E-state index is 12.9. The van der Waals surface area contributed by atoms with Crippen LogP contribution in [0.4, 0.5) is 0 Å². The van der Waals surface area contributed by atoms with Crippen molar-refractivity contribution in [2.45, 2.75) is 51.1 Å². The molecule has 0 aromatic carbocycles. The molecule has 0 bridgehead atoms. The minimum Gasteiger partial charge on any atom is -0.334 e. The van der Waals surface area contributed by atoms with Crippen molar-refractivity contribution in [2.24, 2.45) is 7.05 Å². The summed E-state index contributed by atoms with van der Waals surface area (Å²) in [5.41, 5.74) is 1.71. The van der Waals surface area contributed by atoms with E-state index in [-0.39, 0.29) is 5.91 Å². The molecule has 2 aliphatic heterocycles. The molecule has 5 nitrogen and oxygen atoms in total. The Morgan fingerprint density at radius 2 is 2.30 bits per heavy atom. The molecule has 0 spiro atoms. The first-order valence-corrected chi connectivity index (χ1v) is 7.77. The lowest BCUT2D eigenvalue weighted by Crippen LogP contribution is -2.46. The van der Waals surface area contributed by atoms with Crippen molar-refractivity contribution < 1.29 is 4.79 Å². The minimum absolute atomic E-state index is 0.172. The second-order valence-corrected chi connectivity index (χ2v) is 5.93. The number of amides is 1. The summed E-state index contributed by atoms with van der Waals surface area (Å²) in [6.07, 6.45) is 7.36. The van der Waals surface area contributed by atoms with Gasteiger partial charge in [-0.1, -0.05) is 6.92 Å². The summed E-state index contributed by atoms with van der Waals surface area (Å²) in [5.74, 6) is 0.172. The van der Waals surface area contributed by atoms with Gasteiger partial charge in [0, 0.05) is 31.9 Å². The molecular formula is C15H24N4O. The number of aromatic nitrogens is 2. The van der Waals surface area contributed by atoms with Crippen LogP contribution in [-0.2, 0) is 13.5 Å². The fraction of sp³-hybridized carbons (Fsp3) is 0.733. The van der Waals surface area contributed by atoms with E-state index in [1.807, 2.05) is 13.2 Å². The highest BCUT2D eigenvalue weighted by atomic mass is 16.2. The molecule has 1 aromatic rings. The number of rotatable bonds is 3. The molecule has 2 unspecified atom stereocenters. The van der Waals surface area contributed by atoms with E-state index >= 15 is 0 Å². The van der Waals surface area contributed by atoms with Crippen molar-refractivity contribution in [3.05, 3.63) is 17.5 Å². The Morgan fingerprint density at radius 1 is 1.45 bits per heavy atom. The third kappa shape index (κ3) is 2.35. The maximum Gasteiger partial charge on any atom is 0.257 e. The second kappa shape index (κ2) is 5.56. The van der Waals surface area contributed by atoms with Crippen LogP contribution in [0.5, 0.6) is 0 Å². The molecule has 0 radical (unpaired) electrons. The Labute approximate surface area is 120 Å². The number of hydrogen-bond donors (Lipinski definition) is 1. The summed E-state index contributed by atoms with van der Waals surface area (Å²) in [6, 6.07) is 0.859. The normalized spacial score (nSPS) is 26.4. The van der Waals surface area contributed by atoms with Crippen molar-refractivity contribution in [3.63, 3.8) is 0 Å². The number of nitrogens with zero attached hydrogens (tertiary/aromatic N) is 3. The predicted molar refractivity (Wildman–Crippen MR) is 77.7 cm³/mol. The molecule has 20 heavy (non-hydrogen) atoms. The van der Waals surface area contributed by atoms with Crippen LogP contribution in [-0.4, -0.2) is 45.8 Å². The Kier molecular flexibility index (Phi) is 3.78. The number of likely N-dealkylation sites (tertiary alicyclic amines) is 1. The largest absolute Gasteiger partial charge is 0.334 e. The first kappa shape index (κ1) is 13.6. The quantitative estimate of drug-likeness (QED) is 0.906. The number of aryl methyl sites for hydroxylation is 2. The lowest BCUT2D eigenvalue weighted by molar-refractivity contribution is 0.0710. The monoisotopic (exact) mass is 276 g/mol. The van der Waals surface area contributed by atoms with Crippen molar-refractivity contribution in [1.29, 1.82) is 0 Å². The molecule has 2 saturated heterocycles. The first-order valence-electron chi connectivity index (χ1n) is 7.77. The molecule has 2 atom stereocenters. The van der Waals surface area contributed by atoms with Crippen molar-refractivity contribution in [2.75, 3.05) is 13.1 Å². The summed E-state index contributed by atoms with van der Waals surface area (Å²) in [6.45, 7) is 4.04. The fourth-order valence-electron chi connectivity index (χ4n) is 3.63. The van der Waals surface area contributed by atoms with Gasteiger partial charge in [0.2, 0.25) is 0 Å². The Bertz CT molecular complexity index is 490. The van der Waals surface area contributed by atoms with Crippen molar-refractivity contribution in [3.8, 4) is 0 Å². The van der Waals surface area contributed by atoms with Crippen LogP contribution in [0.3, 0.4) is 0 Å². The van der Waals surface area contributed by atoms with Crippen LogP contribution in [0.1, 0.15) is 48.7 Å². The lowest BCUT2D eigenvalue weighted by atomic mass is 10.0. The van der Waals surface area contributed by atoms with E-state index in [4.69, 9.17) is 0 Å². The molecule has 5 heteroatoms. The molecule has 3 rings (SSSR count). The smallest absolute Gasteiger partial charge is 0.257 e. The van der Waals surface area contributed by atoms with Gasteiger partial charge in [-0.2, -0.15) is 5.10 Å². The highest BCUT2D eigenvalue weighted by molar-refractivity contribution is 5.95. The summed E-state index contributed by atoms with van der Waals surface area (Å²) < 4.78 is 1.75. The molecule has 1 aromatic heterocycles. The van der Waals surface area contributed by atoms with E-state index in [2.05, 4.69) is 22.2 Å². The summed E-state index contributed by atoms with van der Waals surface area (Å²) >= 11 is 0. The first-order chi connectivity index (χ1) is 9.70. The zero-order valence-electron chi connectivity index (χ0n) is 12.4. The molecule has 110 valence electrons. The summed E-state index contributed by atoms with van der Waals surface area (Å²) in [7, 11) is 1.88. The van der Waals surface area contributed by atoms with E-state index in [0.29, 0.717) is 12.1 Å². The third-order valence-electron chi connectivity index (χ3n) is 4.59. The van der Waals surface area contributed by atoms with E-state index in [1.165, 1.54) is 12.8 Å². The predicted octanol–water partition coefficient (Wildman–Crippen LogP) is 1.34. The lowest BCUT2D eigenvalue weighted by Gasteiger charge is -2.29. The van der Waals surface area contributed by atoms with Gasteiger partial charge in [-0.25, -0.2) is 0 Å². The zero-order chi connectivity index (χ0) is 14.1. The maximum absolute atomic E-state index is 12.9. The standard InChI is InChI=1S/C15H24N4O/c1-3-12-11(10-18(2)17-12)15(20)19-9-5-7-14(19)13-6-4-8-16-13/h10,13-14,16H,3-9H2,1-2H3. The van der Waals surface area contributed by atoms with Gasteiger partial charge in [0.05, 0.1) is 11.3 Å². The summed E-state index contributed by atoms with van der Waals surface area (Å²) in [5, 5.41) is 7.95. The van der Waals surface area contributed by atoms with Crippen LogP contribution in [0.25, 0.3) is 0 Å². The number of carbonyl (C=O) groups excluding carboxylic acids is 1. The molecule has 2 fully saturated rings. The number of carbonyl (C=O) groups is 1. The van der Waals surface area contributed by atoms with Gasteiger partial charge in [-0.3, -0.25) is 9.48 Å². The molecule has 0 aliphatic carbocycles. The van der Waals surface area contributed by atoms with Gasteiger partial charge in [-0.05, 0) is 38.6 Å². The highest BCUT2D eigenvalue weighted by Crippen LogP contribution is 2.27. The molecule has 1 N–H and O–H groups in total. The van der Waals surface area contributed by atoms with Gasteiger partial charge in [-0.15, -0.1) is 0 Å². The van der Waals surface area contributed by atoms with Crippen LogP contribution >= 0.6 is 0 Å². The van der Waals surface area contributed by atoms with Gasteiger partial charge in [0.15, 0.2) is 0 Å². The molecule has 0 saturated carbocycles. The zero-order valence-corrected chi connectivity index (χ0v) is 12.4. The van der Waals surface area contributed by atoms with Crippen LogP contribution in [0.15, 0.2) is 6.20 Å². The Morgan fingerprint density at radius 3 is 3.00 bits per heavy atom. The van der Waals surface area contributed by atoms with E-state index in [9.17, 15) is 4.79 Å². The number of nitrogens with one attached hydrogen (secondary N) is 1. The van der Waals surface area contributed by atoms with Gasteiger partial charge in [0.1, 0.15) is 0 Å². The molecular weight excluding hydrogens is 252 g/mol. The van der Waals surface area contributed by atoms with Crippen molar-refractivity contribution >= 4 is 5.91 Å². The Balaban J connectivity index is 1.81. The van der Waals surface area contributed by atoms with E-state index in [1.54, 1.807) is 4.68 Å².